The van der Waals surface area contributed by atoms with Crippen molar-refractivity contribution in [2.24, 2.45) is 0 Å². The number of rotatable bonds is 12. The smallest absolute Gasteiger partial charge is 0.272 e. The number of amides is 3. The lowest BCUT2D eigenvalue weighted by Crippen LogP contribution is -2.30. The molecule has 3 amide bonds. The summed E-state index contributed by atoms with van der Waals surface area (Å²) >= 11 is 7.53. The number of thioether (sulfide) groups is 1. The largest absolute Gasteiger partial charge is 0.494 e. The third kappa shape index (κ3) is 9.59. The van der Waals surface area contributed by atoms with Gasteiger partial charge in [-0.1, -0.05) is 78.3 Å². The number of halogens is 1. The van der Waals surface area contributed by atoms with E-state index in [0.717, 1.165) is 16.2 Å². The predicted molar refractivity (Wildman–Crippen MR) is 190 cm³/mol. The minimum Gasteiger partial charge on any atom is -0.494 e. The van der Waals surface area contributed by atoms with Gasteiger partial charge in [0.05, 0.1) is 6.61 Å². The number of nitrogens with one attached hydrogen (secondary N) is 3. The summed E-state index contributed by atoms with van der Waals surface area (Å²) in [4.78, 5) is 41.0. The van der Waals surface area contributed by atoms with Crippen LogP contribution in [0.1, 0.15) is 33.7 Å². The zero-order valence-corrected chi connectivity index (χ0v) is 27.1. The Kier molecular flexibility index (Phi) is 11.5. The summed E-state index contributed by atoms with van der Waals surface area (Å²) in [5, 5.41) is 8.55. The fraction of sp³-hybridized carbons (Fsp3) is 0.0789. The van der Waals surface area contributed by atoms with Crippen LogP contribution in [0.4, 0.5) is 11.4 Å². The lowest BCUT2D eigenvalue weighted by Gasteiger charge is -2.18. The Balaban J connectivity index is 1.36. The second-order valence-corrected chi connectivity index (χ2v) is 11.9. The van der Waals surface area contributed by atoms with Gasteiger partial charge in [0.2, 0.25) is 5.91 Å². The molecule has 0 aliphatic rings. The van der Waals surface area contributed by atoms with E-state index in [2.05, 4.69) is 16.0 Å². The van der Waals surface area contributed by atoms with E-state index < -0.39 is 17.1 Å². The quantitative estimate of drug-likeness (QED) is 0.0919. The Morgan fingerprint density at radius 3 is 2.17 bits per heavy atom. The van der Waals surface area contributed by atoms with Gasteiger partial charge >= 0.3 is 0 Å². The Labute approximate surface area is 283 Å². The van der Waals surface area contributed by atoms with E-state index in [1.54, 1.807) is 84.9 Å². The molecule has 0 saturated carbocycles. The van der Waals surface area contributed by atoms with Crippen molar-refractivity contribution in [1.29, 1.82) is 0 Å². The molecule has 1 unspecified atom stereocenters. The Bertz CT molecular complexity index is 1870. The summed E-state index contributed by atoms with van der Waals surface area (Å²) in [5.74, 6) is -0.425. The molecular formula is C38H32ClN3O4S. The predicted octanol–water partition coefficient (Wildman–Crippen LogP) is 8.62. The molecule has 0 fully saturated rings. The molecule has 47 heavy (non-hydrogen) atoms. The van der Waals surface area contributed by atoms with Crippen LogP contribution in [0.2, 0.25) is 5.02 Å². The molecule has 236 valence electrons. The summed E-state index contributed by atoms with van der Waals surface area (Å²) in [5.41, 5.74) is 3.06. The third-order valence-electron chi connectivity index (χ3n) is 6.81. The van der Waals surface area contributed by atoms with E-state index in [0.29, 0.717) is 34.1 Å². The van der Waals surface area contributed by atoms with Gasteiger partial charge < -0.3 is 20.7 Å². The summed E-state index contributed by atoms with van der Waals surface area (Å²) in [6, 6.07) is 39.5. The van der Waals surface area contributed by atoms with Crippen LogP contribution in [-0.4, -0.2) is 24.3 Å². The molecule has 3 N–H and O–H groups in total. The zero-order chi connectivity index (χ0) is 33.0. The fourth-order valence-electron chi connectivity index (χ4n) is 4.60. The second kappa shape index (κ2) is 16.3. The van der Waals surface area contributed by atoms with Crippen molar-refractivity contribution in [2.45, 2.75) is 17.1 Å². The van der Waals surface area contributed by atoms with E-state index in [1.807, 2.05) is 61.5 Å². The number of carbonyl (C=O) groups is 3. The van der Waals surface area contributed by atoms with E-state index >= 15 is 0 Å². The van der Waals surface area contributed by atoms with Gasteiger partial charge in [0.1, 0.15) is 16.7 Å². The minimum absolute atomic E-state index is 0.0380. The molecule has 1 atom stereocenters. The monoisotopic (exact) mass is 661 g/mol. The second-order valence-electron chi connectivity index (χ2n) is 10.3. The summed E-state index contributed by atoms with van der Waals surface area (Å²) in [6.07, 6.45) is 1.57. The molecule has 0 aliphatic carbocycles. The molecule has 5 aromatic carbocycles. The number of anilines is 2. The molecule has 0 heterocycles. The first-order valence-electron chi connectivity index (χ1n) is 14.9. The fourth-order valence-corrected chi connectivity index (χ4v) is 5.88. The topological polar surface area (TPSA) is 96.5 Å². The highest BCUT2D eigenvalue weighted by Gasteiger charge is 2.23. The number of carbonyl (C=O) groups excluding carboxylic acids is 3. The van der Waals surface area contributed by atoms with Crippen LogP contribution in [-0.2, 0) is 9.59 Å². The standard InChI is InChI=1S/C38H32ClN3O4S/c1-2-46-32-21-19-30(20-22-32)40-38(45)35(27-12-5-3-6-13-27)47-33-18-10-17-31(25-33)41-37(44)34(24-26-11-9-16-29(39)23-26)42-36(43)28-14-7-4-8-15-28/h3-25,35H,2H2,1H3,(H,40,45)(H,41,44)(H,42,43)/b34-24-. The number of hydrogen-bond acceptors (Lipinski definition) is 5. The van der Waals surface area contributed by atoms with Crippen molar-refractivity contribution in [2.75, 3.05) is 17.2 Å². The van der Waals surface area contributed by atoms with Crippen LogP contribution < -0.4 is 20.7 Å². The van der Waals surface area contributed by atoms with E-state index in [1.165, 1.54) is 11.8 Å². The highest BCUT2D eigenvalue weighted by molar-refractivity contribution is 8.00. The lowest BCUT2D eigenvalue weighted by atomic mass is 10.1. The first kappa shape index (κ1) is 33.1. The van der Waals surface area contributed by atoms with Gasteiger partial charge in [0, 0.05) is 26.9 Å². The number of ether oxygens (including phenoxy) is 1. The van der Waals surface area contributed by atoms with Gasteiger partial charge in [-0.2, -0.15) is 0 Å². The molecule has 0 saturated heterocycles. The van der Waals surface area contributed by atoms with E-state index in [-0.39, 0.29) is 11.6 Å². The highest BCUT2D eigenvalue weighted by atomic mass is 35.5. The summed E-state index contributed by atoms with van der Waals surface area (Å²) < 4.78 is 5.51. The van der Waals surface area contributed by atoms with Gasteiger partial charge in [0.25, 0.3) is 11.8 Å². The van der Waals surface area contributed by atoms with Gasteiger partial charge in [-0.3, -0.25) is 14.4 Å². The van der Waals surface area contributed by atoms with Crippen molar-refractivity contribution in [3.63, 3.8) is 0 Å². The van der Waals surface area contributed by atoms with Crippen molar-refractivity contribution < 1.29 is 19.1 Å². The molecular weight excluding hydrogens is 630 g/mol. The number of benzene rings is 5. The van der Waals surface area contributed by atoms with Gasteiger partial charge in [-0.15, -0.1) is 11.8 Å². The maximum absolute atomic E-state index is 13.6. The normalized spacial score (nSPS) is 11.7. The molecule has 5 aromatic rings. The Morgan fingerprint density at radius 2 is 1.47 bits per heavy atom. The average Bonchev–Trinajstić information content (AvgIpc) is 3.09. The van der Waals surface area contributed by atoms with Crippen LogP contribution in [0.25, 0.3) is 6.08 Å². The molecule has 5 rings (SSSR count). The summed E-state index contributed by atoms with van der Waals surface area (Å²) in [6.45, 7) is 2.47. The first-order valence-corrected chi connectivity index (χ1v) is 16.1. The van der Waals surface area contributed by atoms with E-state index in [9.17, 15) is 14.4 Å². The Hall–Kier alpha value is -5.31. The third-order valence-corrected chi connectivity index (χ3v) is 8.29. The minimum atomic E-state index is -0.586. The Morgan fingerprint density at radius 1 is 0.766 bits per heavy atom. The molecule has 9 heteroatoms. The van der Waals surface area contributed by atoms with Crippen molar-refractivity contribution in [3.05, 3.63) is 161 Å². The van der Waals surface area contributed by atoms with Crippen LogP contribution >= 0.6 is 23.4 Å². The van der Waals surface area contributed by atoms with Gasteiger partial charge in [0.15, 0.2) is 0 Å². The van der Waals surface area contributed by atoms with Gasteiger partial charge in [-0.05, 0) is 90.9 Å². The van der Waals surface area contributed by atoms with Crippen molar-refractivity contribution in [3.8, 4) is 5.75 Å². The van der Waals surface area contributed by atoms with Crippen molar-refractivity contribution in [1.82, 2.24) is 5.32 Å². The molecule has 0 bridgehead atoms. The number of hydrogen-bond donors (Lipinski definition) is 3. The van der Waals surface area contributed by atoms with Crippen LogP contribution in [0.5, 0.6) is 5.75 Å². The summed E-state index contributed by atoms with van der Waals surface area (Å²) in [7, 11) is 0. The molecule has 7 nitrogen and oxygen atoms in total. The zero-order valence-electron chi connectivity index (χ0n) is 25.5. The SMILES string of the molecule is CCOc1ccc(NC(=O)C(Sc2cccc(NC(=O)/C(=C/c3cccc(Cl)c3)NC(=O)c3ccccc3)c2)c2ccccc2)cc1. The lowest BCUT2D eigenvalue weighted by molar-refractivity contribution is -0.116. The van der Waals surface area contributed by atoms with Crippen LogP contribution in [0.15, 0.2) is 144 Å². The van der Waals surface area contributed by atoms with Crippen LogP contribution in [0, 0.1) is 0 Å². The van der Waals surface area contributed by atoms with Crippen molar-refractivity contribution >= 4 is 58.5 Å². The van der Waals surface area contributed by atoms with E-state index in [4.69, 9.17) is 16.3 Å². The van der Waals surface area contributed by atoms with Crippen LogP contribution in [0.3, 0.4) is 0 Å². The molecule has 0 radical (unpaired) electrons. The first-order chi connectivity index (χ1) is 22.9. The molecule has 0 aliphatic heterocycles. The highest BCUT2D eigenvalue weighted by Crippen LogP contribution is 2.37. The van der Waals surface area contributed by atoms with Gasteiger partial charge in [-0.25, -0.2) is 0 Å². The molecule has 0 aromatic heterocycles. The molecule has 0 spiro atoms. The maximum atomic E-state index is 13.6. The average molecular weight is 662 g/mol. The maximum Gasteiger partial charge on any atom is 0.272 e.